The average Bonchev–Trinajstić information content (AvgIpc) is 1.95. The minimum atomic E-state index is -0.695. The number of aliphatic hydroxyl groups excluding tert-OH is 2. The highest BCUT2D eigenvalue weighted by Crippen LogP contribution is 2.20. The van der Waals surface area contributed by atoms with Crippen LogP contribution in [-0.4, -0.2) is 22.4 Å². The van der Waals surface area contributed by atoms with Gasteiger partial charge in [0.1, 0.15) is 12.2 Å². The predicted molar refractivity (Wildman–Crippen MR) is 58.7 cm³/mol. The fourth-order valence-electron chi connectivity index (χ4n) is 0.591. The number of hydrogen-bond acceptors (Lipinski definition) is 2. The first kappa shape index (κ1) is 13.5. The van der Waals surface area contributed by atoms with E-state index in [4.69, 9.17) is 0 Å². The summed E-state index contributed by atoms with van der Waals surface area (Å²) >= 11 is 0. The van der Waals surface area contributed by atoms with E-state index in [-0.39, 0.29) is 10.8 Å². The second-order valence-corrected chi connectivity index (χ2v) is 5.83. The van der Waals surface area contributed by atoms with Crippen molar-refractivity contribution >= 4 is 0 Å². The Morgan fingerprint density at radius 2 is 0.929 bits per heavy atom. The van der Waals surface area contributed by atoms with Crippen LogP contribution < -0.4 is 0 Å². The highest BCUT2D eigenvalue weighted by atomic mass is 16.3. The lowest BCUT2D eigenvalue weighted by Crippen LogP contribution is -2.27. The van der Waals surface area contributed by atoms with Crippen LogP contribution in [0.2, 0.25) is 0 Å². The van der Waals surface area contributed by atoms with E-state index in [1.165, 1.54) is 0 Å². The first-order valence-electron chi connectivity index (χ1n) is 4.92. The Labute approximate surface area is 87.3 Å². The minimum Gasteiger partial charge on any atom is -0.380 e. The van der Waals surface area contributed by atoms with E-state index < -0.39 is 12.2 Å². The Bertz CT molecular complexity index is 208. The Hall–Kier alpha value is -0.520. The summed E-state index contributed by atoms with van der Waals surface area (Å²) in [6.45, 7) is 11.5. The molecular weight excluding hydrogens is 176 g/mol. The van der Waals surface area contributed by atoms with E-state index in [9.17, 15) is 10.2 Å². The summed E-state index contributed by atoms with van der Waals surface area (Å²) < 4.78 is 0. The molecule has 0 amide bonds. The van der Waals surface area contributed by atoms with E-state index >= 15 is 0 Å². The quantitative estimate of drug-likeness (QED) is 0.583. The fraction of sp³-hybridized carbons (Fsp3) is 0.833. The van der Waals surface area contributed by atoms with Crippen LogP contribution in [0.25, 0.3) is 0 Å². The number of hydrogen-bond donors (Lipinski definition) is 2. The van der Waals surface area contributed by atoms with E-state index in [0.717, 1.165) is 0 Å². The zero-order valence-electron chi connectivity index (χ0n) is 10.0. The monoisotopic (exact) mass is 198 g/mol. The van der Waals surface area contributed by atoms with Crippen LogP contribution >= 0.6 is 0 Å². The maximum Gasteiger partial charge on any atom is 0.119 e. The van der Waals surface area contributed by atoms with Gasteiger partial charge >= 0.3 is 0 Å². The van der Waals surface area contributed by atoms with Crippen molar-refractivity contribution in [3.8, 4) is 11.8 Å². The van der Waals surface area contributed by atoms with Crippen molar-refractivity contribution < 1.29 is 10.2 Å². The lowest BCUT2D eigenvalue weighted by Gasteiger charge is -2.23. The largest absolute Gasteiger partial charge is 0.380 e. The molecule has 0 heterocycles. The van der Waals surface area contributed by atoms with E-state index in [1.807, 2.05) is 41.5 Å². The van der Waals surface area contributed by atoms with Crippen molar-refractivity contribution in [1.29, 1.82) is 0 Å². The first-order chi connectivity index (χ1) is 6.05. The van der Waals surface area contributed by atoms with E-state index in [2.05, 4.69) is 11.8 Å². The smallest absolute Gasteiger partial charge is 0.119 e. The first-order valence-corrected chi connectivity index (χ1v) is 4.92. The van der Waals surface area contributed by atoms with Crippen LogP contribution in [0.4, 0.5) is 0 Å². The molecule has 2 N–H and O–H groups in total. The van der Waals surface area contributed by atoms with Gasteiger partial charge in [0.15, 0.2) is 0 Å². The SMILES string of the molecule is CC(C)(C)[C@@H](O)C#C[C@H](O)C(C)(C)C. The van der Waals surface area contributed by atoms with E-state index in [1.54, 1.807) is 0 Å². The lowest BCUT2D eigenvalue weighted by atomic mass is 9.87. The Balaban J connectivity index is 4.46. The molecule has 0 aliphatic carbocycles. The minimum absolute atomic E-state index is 0.259. The number of aliphatic hydroxyl groups is 2. The Morgan fingerprint density at radius 1 is 0.714 bits per heavy atom. The third-order valence-corrected chi connectivity index (χ3v) is 2.00. The molecule has 0 aromatic rings. The van der Waals surface area contributed by atoms with Gasteiger partial charge in [-0.05, 0) is 10.8 Å². The summed E-state index contributed by atoms with van der Waals surface area (Å²) in [5.41, 5.74) is -0.519. The highest BCUT2D eigenvalue weighted by molar-refractivity contribution is 5.13. The zero-order valence-corrected chi connectivity index (χ0v) is 10.0. The lowest BCUT2D eigenvalue weighted by molar-refractivity contribution is 0.104. The fourth-order valence-corrected chi connectivity index (χ4v) is 0.591. The Kier molecular flexibility index (Phi) is 4.17. The molecule has 0 fully saturated rings. The molecule has 0 saturated heterocycles. The van der Waals surface area contributed by atoms with Gasteiger partial charge in [0.2, 0.25) is 0 Å². The van der Waals surface area contributed by atoms with Gasteiger partial charge in [-0.3, -0.25) is 0 Å². The van der Waals surface area contributed by atoms with Crippen LogP contribution in [0.3, 0.4) is 0 Å². The molecule has 0 radical (unpaired) electrons. The van der Waals surface area contributed by atoms with Crippen LogP contribution in [0.5, 0.6) is 0 Å². The van der Waals surface area contributed by atoms with Crippen molar-refractivity contribution in [2.24, 2.45) is 10.8 Å². The third kappa shape index (κ3) is 4.64. The van der Waals surface area contributed by atoms with Gasteiger partial charge in [0.25, 0.3) is 0 Å². The van der Waals surface area contributed by atoms with Crippen molar-refractivity contribution in [3.63, 3.8) is 0 Å². The second kappa shape index (κ2) is 4.33. The molecule has 0 rings (SSSR count). The standard InChI is InChI=1S/C12H22O2/c1-11(2,3)9(13)7-8-10(14)12(4,5)6/h9-10,13-14H,1-6H3/t9-,10-/m0/s1. The van der Waals surface area contributed by atoms with Crippen LogP contribution in [0, 0.1) is 22.7 Å². The molecule has 14 heavy (non-hydrogen) atoms. The molecule has 0 unspecified atom stereocenters. The molecule has 0 bridgehead atoms. The van der Waals surface area contributed by atoms with Crippen molar-refractivity contribution in [1.82, 2.24) is 0 Å². The predicted octanol–water partition coefficient (Wildman–Crippen LogP) is 1.80. The van der Waals surface area contributed by atoms with Gasteiger partial charge in [-0.1, -0.05) is 53.4 Å². The van der Waals surface area contributed by atoms with Gasteiger partial charge in [-0.2, -0.15) is 0 Å². The van der Waals surface area contributed by atoms with E-state index in [0.29, 0.717) is 0 Å². The molecule has 82 valence electrons. The average molecular weight is 198 g/mol. The van der Waals surface area contributed by atoms with Gasteiger partial charge in [0.05, 0.1) is 0 Å². The topological polar surface area (TPSA) is 40.5 Å². The van der Waals surface area contributed by atoms with Gasteiger partial charge in [0, 0.05) is 0 Å². The van der Waals surface area contributed by atoms with Gasteiger partial charge < -0.3 is 10.2 Å². The molecule has 0 spiro atoms. The summed E-state index contributed by atoms with van der Waals surface area (Å²) in [5, 5.41) is 19.2. The summed E-state index contributed by atoms with van der Waals surface area (Å²) in [5.74, 6) is 5.37. The Morgan fingerprint density at radius 3 is 1.07 bits per heavy atom. The molecule has 0 aromatic carbocycles. The third-order valence-electron chi connectivity index (χ3n) is 2.00. The maximum atomic E-state index is 9.62. The molecule has 2 nitrogen and oxygen atoms in total. The summed E-state index contributed by atoms with van der Waals surface area (Å²) in [7, 11) is 0. The molecule has 2 atom stereocenters. The summed E-state index contributed by atoms with van der Waals surface area (Å²) in [4.78, 5) is 0. The molecule has 0 aliphatic heterocycles. The normalized spacial score (nSPS) is 16.9. The molecule has 0 aromatic heterocycles. The van der Waals surface area contributed by atoms with Gasteiger partial charge in [-0.25, -0.2) is 0 Å². The van der Waals surface area contributed by atoms with Crippen LogP contribution in [-0.2, 0) is 0 Å². The molecule has 2 heteroatoms. The molecule has 0 saturated carbocycles. The molecule has 0 aliphatic rings. The zero-order chi connectivity index (χ0) is 11.6. The summed E-state index contributed by atoms with van der Waals surface area (Å²) in [6, 6.07) is 0. The highest BCUT2D eigenvalue weighted by Gasteiger charge is 2.22. The maximum absolute atomic E-state index is 9.62. The van der Waals surface area contributed by atoms with Crippen LogP contribution in [0.15, 0.2) is 0 Å². The van der Waals surface area contributed by atoms with Crippen molar-refractivity contribution in [3.05, 3.63) is 0 Å². The van der Waals surface area contributed by atoms with Crippen LogP contribution in [0.1, 0.15) is 41.5 Å². The molecular formula is C12H22O2. The van der Waals surface area contributed by atoms with Gasteiger partial charge in [-0.15, -0.1) is 0 Å². The van der Waals surface area contributed by atoms with Crippen molar-refractivity contribution in [2.75, 3.05) is 0 Å². The number of rotatable bonds is 0. The second-order valence-electron chi connectivity index (χ2n) is 5.83. The van der Waals surface area contributed by atoms with Crippen molar-refractivity contribution in [2.45, 2.75) is 53.8 Å². The summed E-state index contributed by atoms with van der Waals surface area (Å²) in [6.07, 6.45) is -1.39.